The summed E-state index contributed by atoms with van der Waals surface area (Å²) in [5.41, 5.74) is 1.14. The number of allylic oxidation sites excluding steroid dienone is 1. The second-order valence-electron chi connectivity index (χ2n) is 2.52. The van der Waals surface area contributed by atoms with Crippen molar-refractivity contribution in [1.82, 2.24) is 0 Å². The standard InChI is InChI=1S/C10H11ClO/c1-3-6-12-10-7-8(2)4-5-9(10)11/h3-7H,1-2H3/b6-3-. The Kier molecular flexibility index (Phi) is 3.18. The SMILES string of the molecule is C/C=C\Oc1cc(C)ccc1Cl. The maximum atomic E-state index is 5.87. The fourth-order valence-electron chi connectivity index (χ4n) is 0.842. The van der Waals surface area contributed by atoms with Crippen LogP contribution in [0.1, 0.15) is 12.5 Å². The second kappa shape index (κ2) is 4.17. The van der Waals surface area contributed by atoms with E-state index in [0.717, 1.165) is 5.56 Å². The van der Waals surface area contributed by atoms with Gasteiger partial charge in [-0.25, -0.2) is 0 Å². The van der Waals surface area contributed by atoms with Crippen molar-refractivity contribution < 1.29 is 4.74 Å². The van der Waals surface area contributed by atoms with Crippen molar-refractivity contribution in [3.8, 4) is 5.75 Å². The molecule has 0 aliphatic rings. The molecule has 2 heteroatoms. The molecule has 0 bridgehead atoms. The highest BCUT2D eigenvalue weighted by atomic mass is 35.5. The molecule has 0 amide bonds. The molecule has 0 unspecified atom stereocenters. The molecule has 0 spiro atoms. The summed E-state index contributed by atoms with van der Waals surface area (Å²) in [5, 5.41) is 0.638. The van der Waals surface area contributed by atoms with E-state index in [1.54, 1.807) is 6.26 Å². The number of halogens is 1. The van der Waals surface area contributed by atoms with Crippen LogP contribution in [0.4, 0.5) is 0 Å². The summed E-state index contributed by atoms with van der Waals surface area (Å²) < 4.78 is 5.25. The molecule has 0 saturated heterocycles. The minimum atomic E-state index is 0.638. The number of ether oxygens (including phenoxy) is 1. The van der Waals surface area contributed by atoms with E-state index in [1.165, 1.54) is 0 Å². The van der Waals surface area contributed by atoms with Gasteiger partial charge in [0.25, 0.3) is 0 Å². The first-order chi connectivity index (χ1) is 5.74. The van der Waals surface area contributed by atoms with Gasteiger partial charge in [0.15, 0.2) is 0 Å². The van der Waals surface area contributed by atoms with Gasteiger partial charge in [0.05, 0.1) is 11.3 Å². The van der Waals surface area contributed by atoms with Crippen molar-refractivity contribution >= 4 is 11.6 Å². The summed E-state index contributed by atoms with van der Waals surface area (Å²) in [5.74, 6) is 0.703. The van der Waals surface area contributed by atoms with Crippen LogP contribution in [0.25, 0.3) is 0 Å². The average Bonchev–Trinajstić information content (AvgIpc) is 2.07. The van der Waals surface area contributed by atoms with Crippen molar-refractivity contribution in [1.29, 1.82) is 0 Å². The molecule has 0 saturated carbocycles. The molecule has 1 rings (SSSR count). The Morgan fingerprint density at radius 1 is 1.42 bits per heavy atom. The Hall–Kier alpha value is -0.950. The fraction of sp³-hybridized carbons (Fsp3) is 0.200. The zero-order valence-corrected chi connectivity index (χ0v) is 7.93. The van der Waals surface area contributed by atoms with E-state index < -0.39 is 0 Å². The number of benzene rings is 1. The van der Waals surface area contributed by atoms with Gasteiger partial charge in [-0.15, -0.1) is 0 Å². The highest BCUT2D eigenvalue weighted by Crippen LogP contribution is 2.25. The largest absolute Gasteiger partial charge is 0.464 e. The van der Waals surface area contributed by atoms with Gasteiger partial charge in [-0.3, -0.25) is 0 Å². The first kappa shape index (κ1) is 9.14. The number of hydrogen-bond acceptors (Lipinski definition) is 1. The van der Waals surface area contributed by atoms with Gasteiger partial charge in [-0.1, -0.05) is 23.7 Å². The lowest BCUT2D eigenvalue weighted by Gasteiger charge is -2.03. The molecule has 0 radical (unpaired) electrons. The molecular weight excluding hydrogens is 172 g/mol. The van der Waals surface area contributed by atoms with Crippen molar-refractivity contribution in [3.05, 3.63) is 41.1 Å². The number of aryl methyl sites for hydroxylation is 1. The van der Waals surface area contributed by atoms with Crippen LogP contribution in [0.15, 0.2) is 30.5 Å². The maximum Gasteiger partial charge on any atom is 0.145 e. The van der Waals surface area contributed by atoms with Gasteiger partial charge in [0, 0.05) is 0 Å². The van der Waals surface area contributed by atoms with Crippen molar-refractivity contribution in [2.24, 2.45) is 0 Å². The minimum Gasteiger partial charge on any atom is -0.464 e. The molecular formula is C10H11ClO. The molecule has 1 nitrogen and oxygen atoms in total. The Bertz CT molecular complexity index is 292. The highest BCUT2D eigenvalue weighted by molar-refractivity contribution is 6.32. The first-order valence-corrected chi connectivity index (χ1v) is 4.16. The van der Waals surface area contributed by atoms with E-state index in [4.69, 9.17) is 16.3 Å². The predicted molar refractivity (Wildman–Crippen MR) is 51.6 cm³/mol. The first-order valence-electron chi connectivity index (χ1n) is 3.78. The van der Waals surface area contributed by atoms with Gasteiger partial charge >= 0.3 is 0 Å². The van der Waals surface area contributed by atoms with Crippen LogP contribution in [0, 0.1) is 6.92 Å². The summed E-state index contributed by atoms with van der Waals surface area (Å²) in [6, 6.07) is 5.68. The molecule has 0 aliphatic carbocycles. The van der Waals surface area contributed by atoms with Gasteiger partial charge < -0.3 is 4.74 Å². The van der Waals surface area contributed by atoms with Crippen molar-refractivity contribution in [2.45, 2.75) is 13.8 Å². The number of rotatable bonds is 2. The lowest BCUT2D eigenvalue weighted by atomic mass is 10.2. The van der Waals surface area contributed by atoms with E-state index in [9.17, 15) is 0 Å². The van der Waals surface area contributed by atoms with E-state index in [2.05, 4.69) is 0 Å². The predicted octanol–water partition coefficient (Wildman–Crippen LogP) is 3.56. The molecule has 0 aromatic heterocycles. The third kappa shape index (κ3) is 2.28. The van der Waals surface area contributed by atoms with Crippen LogP contribution in [-0.4, -0.2) is 0 Å². The highest BCUT2D eigenvalue weighted by Gasteiger charge is 1.98. The molecule has 1 aromatic rings. The van der Waals surface area contributed by atoms with Crippen LogP contribution in [0.3, 0.4) is 0 Å². The van der Waals surface area contributed by atoms with Crippen molar-refractivity contribution in [3.63, 3.8) is 0 Å². The quantitative estimate of drug-likeness (QED) is 0.636. The van der Waals surface area contributed by atoms with Gasteiger partial charge in [0.1, 0.15) is 5.75 Å². The van der Waals surface area contributed by atoms with E-state index >= 15 is 0 Å². The summed E-state index contributed by atoms with van der Waals surface area (Å²) in [6.07, 6.45) is 3.43. The molecule has 0 heterocycles. The topological polar surface area (TPSA) is 9.23 Å². The third-order valence-corrected chi connectivity index (χ3v) is 1.73. The molecule has 1 aromatic carbocycles. The van der Waals surface area contributed by atoms with Gasteiger partial charge in [-0.2, -0.15) is 0 Å². The van der Waals surface area contributed by atoms with Crippen LogP contribution in [-0.2, 0) is 0 Å². The Labute approximate surface area is 77.6 Å². The fourth-order valence-corrected chi connectivity index (χ4v) is 1.00. The lowest BCUT2D eigenvalue weighted by molar-refractivity contribution is 0.480. The Morgan fingerprint density at radius 2 is 2.17 bits per heavy atom. The van der Waals surface area contributed by atoms with Crippen LogP contribution >= 0.6 is 11.6 Å². The maximum absolute atomic E-state index is 5.87. The smallest absolute Gasteiger partial charge is 0.145 e. The van der Waals surface area contributed by atoms with E-state index in [1.807, 2.05) is 38.1 Å². The molecule has 0 N–H and O–H groups in total. The van der Waals surface area contributed by atoms with Crippen LogP contribution in [0.5, 0.6) is 5.75 Å². The summed E-state index contributed by atoms with van der Waals surface area (Å²) in [4.78, 5) is 0. The second-order valence-corrected chi connectivity index (χ2v) is 2.93. The monoisotopic (exact) mass is 182 g/mol. The average molecular weight is 183 g/mol. The zero-order valence-electron chi connectivity index (χ0n) is 7.17. The Morgan fingerprint density at radius 3 is 2.83 bits per heavy atom. The minimum absolute atomic E-state index is 0.638. The molecule has 0 aliphatic heterocycles. The molecule has 0 fully saturated rings. The molecule has 0 atom stereocenters. The molecule has 64 valence electrons. The number of hydrogen-bond donors (Lipinski definition) is 0. The summed E-state index contributed by atoms with van der Waals surface area (Å²) >= 11 is 5.87. The van der Waals surface area contributed by atoms with Gasteiger partial charge in [-0.05, 0) is 31.5 Å². The van der Waals surface area contributed by atoms with E-state index in [0.29, 0.717) is 10.8 Å². The lowest BCUT2D eigenvalue weighted by Crippen LogP contribution is -1.83. The summed E-state index contributed by atoms with van der Waals surface area (Å²) in [7, 11) is 0. The van der Waals surface area contributed by atoms with E-state index in [-0.39, 0.29) is 0 Å². The third-order valence-electron chi connectivity index (χ3n) is 1.42. The van der Waals surface area contributed by atoms with Crippen molar-refractivity contribution in [2.75, 3.05) is 0 Å². The van der Waals surface area contributed by atoms with Gasteiger partial charge in [0.2, 0.25) is 0 Å². The summed E-state index contributed by atoms with van der Waals surface area (Å²) in [6.45, 7) is 3.89. The Balaban J connectivity index is 2.89. The zero-order chi connectivity index (χ0) is 8.97. The van der Waals surface area contributed by atoms with Crippen LogP contribution in [0.2, 0.25) is 5.02 Å². The molecule has 12 heavy (non-hydrogen) atoms. The van der Waals surface area contributed by atoms with Crippen LogP contribution < -0.4 is 4.74 Å². The normalized spacial score (nSPS) is 10.6.